The molecule has 3 nitrogen and oxygen atoms in total. The second-order valence-electron chi connectivity index (χ2n) is 5.53. The van der Waals surface area contributed by atoms with Crippen LogP contribution in [0.25, 0.3) is 0 Å². The first-order valence-electron chi connectivity index (χ1n) is 7.11. The first-order chi connectivity index (χ1) is 9.09. The highest BCUT2D eigenvalue weighted by Gasteiger charge is 2.27. The van der Waals surface area contributed by atoms with Crippen molar-refractivity contribution in [3.8, 4) is 0 Å². The van der Waals surface area contributed by atoms with Crippen LogP contribution >= 0.6 is 0 Å². The molecule has 0 radical (unpaired) electrons. The van der Waals surface area contributed by atoms with E-state index in [4.69, 9.17) is 0 Å². The Morgan fingerprint density at radius 3 is 2.32 bits per heavy atom. The first-order valence-corrected chi connectivity index (χ1v) is 7.11. The molecule has 1 atom stereocenters. The summed E-state index contributed by atoms with van der Waals surface area (Å²) >= 11 is 0. The van der Waals surface area contributed by atoms with E-state index < -0.39 is 5.97 Å². The summed E-state index contributed by atoms with van der Waals surface area (Å²) in [7, 11) is 0. The molecule has 0 spiro atoms. The summed E-state index contributed by atoms with van der Waals surface area (Å²) in [6.07, 6.45) is 4.09. The van der Waals surface area contributed by atoms with Crippen LogP contribution in [-0.2, 0) is 11.2 Å². The van der Waals surface area contributed by atoms with Gasteiger partial charge in [0.1, 0.15) is 6.04 Å². The van der Waals surface area contributed by atoms with Crippen molar-refractivity contribution in [2.45, 2.75) is 45.6 Å². The molecule has 1 fully saturated rings. The molecule has 1 aliphatic heterocycles. The number of likely N-dealkylation sites (tertiary alicyclic amines) is 1. The highest BCUT2D eigenvalue weighted by Crippen LogP contribution is 2.20. The van der Waals surface area contributed by atoms with Gasteiger partial charge in [-0.15, -0.1) is 0 Å². The largest absolute Gasteiger partial charge is 0.480 e. The van der Waals surface area contributed by atoms with Gasteiger partial charge in [-0.05, 0) is 62.9 Å². The number of carboxylic acid groups (broad SMARTS) is 1. The van der Waals surface area contributed by atoms with E-state index in [1.54, 1.807) is 0 Å². The molecule has 1 N–H and O–H groups in total. The van der Waals surface area contributed by atoms with E-state index >= 15 is 0 Å². The van der Waals surface area contributed by atoms with Crippen molar-refractivity contribution in [3.63, 3.8) is 0 Å². The lowest BCUT2D eigenvalue weighted by Crippen LogP contribution is -2.45. The molecule has 1 aromatic rings. The Morgan fingerprint density at radius 2 is 1.79 bits per heavy atom. The van der Waals surface area contributed by atoms with Crippen LogP contribution in [0, 0.1) is 13.8 Å². The number of aliphatic carboxylic acids is 1. The van der Waals surface area contributed by atoms with E-state index in [9.17, 15) is 9.90 Å². The molecular weight excluding hydrogens is 238 g/mol. The third-order valence-corrected chi connectivity index (χ3v) is 4.16. The van der Waals surface area contributed by atoms with Crippen molar-refractivity contribution in [1.82, 2.24) is 4.90 Å². The van der Waals surface area contributed by atoms with E-state index in [0.29, 0.717) is 6.42 Å². The molecule has 2 rings (SSSR count). The van der Waals surface area contributed by atoms with Gasteiger partial charge in [-0.2, -0.15) is 0 Å². The number of rotatable bonds is 4. The number of piperidine rings is 1. The molecule has 19 heavy (non-hydrogen) atoms. The minimum Gasteiger partial charge on any atom is -0.480 e. The average Bonchev–Trinajstić information content (AvgIpc) is 2.39. The zero-order chi connectivity index (χ0) is 13.8. The molecule has 3 heteroatoms. The summed E-state index contributed by atoms with van der Waals surface area (Å²) in [5.74, 6) is -0.690. The van der Waals surface area contributed by atoms with Crippen molar-refractivity contribution >= 4 is 5.97 Å². The van der Waals surface area contributed by atoms with E-state index in [1.807, 2.05) is 6.07 Å². The van der Waals surface area contributed by atoms with Crippen LogP contribution < -0.4 is 0 Å². The third-order valence-electron chi connectivity index (χ3n) is 4.16. The number of carbonyl (C=O) groups is 1. The van der Waals surface area contributed by atoms with Gasteiger partial charge in [0.25, 0.3) is 0 Å². The molecule has 1 aliphatic rings. The number of benzene rings is 1. The molecule has 0 aliphatic carbocycles. The van der Waals surface area contributed by atoms with Crippen molar-refractivity contribution in [2.75, 3.05) is 13.1 Å². The zero-order valence-electron chi connectivity index (χ0n) is 11.9. The van der Waals surface area contributed by atoms with Gasteiger partial charge in [0.05, 0.1) is 0 Å². The minimum atomic E-state index is -0.690. The van der Waals surface area contributed by atoms with E-state index in [2.05, 4.69) is 30.9 Å². The number of aryl methyl sites for hydroxylation is 2. The van der Waals surface area contributed by atoms with Gasteiger partial charge in [0.15, 0.2) is 0 Å². The van der Waals surface area contributed by atoms with Crippen LogP contribution in [0.1, 0.15) is 36.0 Å². The minimum absolute atomic E-state index is 0.375. The quantitative estimate of drug-likeness (QED) is 0.906. The van der Waals surface area contributed by atoms with Crippen LogP contribution in [0.2, 0.25) is 0 Å². The van der Waals surface area contributed by atoms with Crippen LogP contribution in [-0.4, -0.2) is 35.1 Å². The molecule has 1 aromatic carbocycles. The number of hydrogen-bond donors (Lipinski definition) is 1. The molecule has 104 valence electrons. The maximum Gasteiger partial charge on any atom is 0.321 e. The molecule has 1 unspecified atom stereocenters. The Labute approximate surface area is 115 Å². The van der Waals surface area contributed by atoms with Gasteiger partial charge in [0, 0.05) is 0 Å². The molecular formula is C16H23NO2. The summed E-state index contributed by atoms with van der Waals surface area (Å²) in [5, 5.41) is 9.53. The van der Waals surface area contributed by atoms with E-state index in [0.717, 1.165) is 25.9 Å². The Bertz CT molecular complexity index is 430. The van der Waals surface area contributed by atoms with Gasteiger partial charge < -0.3 is 5.11 Å². The van der Waals surface area contributed by atoms with E-state index in [1.165, 1.54) is 23.1 Å². The predicted molar refractivity (Wildman–Crippen MR) is 76.5 cm³/mol. The fourth-order valence-corrected chi connectivity index (χ4v) is 2.97. The molecule has 0 bridgehead atoms. The number of nitrogens with zero attached hydrogens (tertiary/aromatic N) is 1. The highest BCUT2D eigenvalue weighted by atomic mass is 16.4. The van der Waals surface area contributed by atoms with Crippen molar-refractivity contribution in [3.05, 3.63) is 34.9 Å². The normalized spacial score (nSPS) is 18.2. The Balaban J connectivity index is 2.18. The van der Waals surface area contributed by atoms with Crippen LogP contribution in [0.3, 0.4) is 0 Å². The highest BCUT2D eigenvalue weighted by molar-refractivity contribution is 5.74. The Morgan fingerprint density at radius 1 is 1.21 bits per heavy atom. The van der Waals surface area contributed by atoms with Gasteiger partial charge in [-0.1, -0.05) is 24.6 Å². The fraction of sp³-hybridized carbons (Fsp3) is 0.562. The van der Waals surface area contributed by atoms with Crippen molar-refractivity contribution < 1.29 is 9.90 Å². The fourth-order valence-electron chi connectivity index (χ4n) is 2.97. The van der Waals surface area contributed by atoms with Crippen LogP contribution in [0.4, 0.5) is 0 Å². The van der Waals surface area contributed by atoms with Gasteiger partial charge in [-0.3, -0.25) is 9.69 Å². The summed E-state index contributed by atoms with van der Waals surface area (Å²) in [4.78, 5) is 13.7. The first kappa shape index (κ1) is 14.1. The summed E-state index contributed by atoms with van der Waals surface area (Å²) in [6, 6.07) is 5.79. The predicted octanol–water partition coefficient (Wildman–Crippen LogP) is 2.79. The van der Waals surface area contributed by atoms with Gasteiger partial charge >= 0.3 is 5.97 Å². The topological polar surface area (TPSA) is 40.5 Å². The maximum atomic E-state index is 11.6. The van der Waals surface area contributed by atoms with Gasteiger partial charge in [-0.25, -0.2) is 0 Å². The number of carboxylic acids is 1. The lowest BCUT2D eigenvalue weighted by Gasteiger charge is -2.32. The average molecular weight is 261 g/mol. The summed E-state index contributed by atoms with van der Waals surface area (Å²) in [5.41, 5.74) is 3.59. The molecule has 0 saturated carbocycles. The maximum absolute atomic E-state index is 11.6. The van der Waals surface area contributed by atoms with Crippen LogP contribution in [0.15, 0.2) is 18.2 Å². The van der Waals surface area contributed by atoms with Crippen LogP contribution in [0.5, 0.6) is 0 Å². The summed E-state index contributed by atoms with van der Waals surface area (Å²) < 4.78 is 0. The smallest absolute Gasteiger partial charge is 0.321 e. The van der Waals surface area contributed by atoms with Crippen molar-refractivity contribution in [2.24, 2.45) is 0 Å². The standard InChI is InChI=1S/C16H23NO2/c1-12-7-6-8-13(2)14(12)11-15(16(18)19)17-9-4-3-5-10-17/h6-8,15H,3-5,9-11H2,1-2H3,(H,18,19). The van der Waals surface area contributed by atoms with Crippen molar-refractivity contribution in [1.29, 1.82) is 0 Å². The molecule has 1 saturated heterocycles. The monoisotopic (exact) mass is 261 g/mol. The molecule has 1 heterocycles. The lowest BCUT2D eigenvalue weighted by atomic mass is 9.95. The lowest BCUT2D eigenvalue weighted by molar-refractivity contribution is -0.143. The second-order valence-corrected chi connectivity index (χ2v) is 5.53. The third kappa shape index (κ3) is 3.35. The second kappa shape index (κ2) is 6.20. The molecule has 0 amide bonds. The zero-order valence-corrected chi connectivity index (χ0v) is 11.9. The Kier molecular flexibility index (Phi) is 4.59. The Hall–Kier alpha value is -1.35. The number of hydrogen-bond acceptors (Lipinski definition) is 2. The summed E-state index contributed by atoms with van der Waals surface area (Å²) in [6.45, 7) is 5.97. The molecule has 0 aromatic heterocycles. The van der Waals surface area contributed by atoms with Gasteiger partial charge in [0.2, 0.25) is 0 Å². The SMILES string of the molecule is Cc1cccc(C)c1CC(C(=O)O)N1CCCCC1. The van der Waals surface area contributed by atoms with E-state index in [-0.39, 0.29) is 6.04 Å².